The predicted molar refractivity (Wildman–Crippen MR) is 128 cm³/mol. The molecule has 7 nitrogen and oxygen atoms in total. The second kappa shape index (κ2) is 9.41. The third kappa shape index (κ3) is 4.28. The fraction of sp³-hybridized carbons (Fsp3) is 0.500. The quantitative estimate of drug-likeness (QED) is 0.637. The largest absolute Gasteiger partial charge is 0.350 e. The van der Waals surface area contributed by atoms with E-state index in [1.54, 1.807) is 6.20 Å². The van der Waals surface area contributed by atoms with Crippen molar-refractivity contribution in [1.82, 2.24) is 24.6 Å². The molecule has 1 aromatic carbocycles. The number of H-pyrrole nitrogens is 1. The second-order valence-corrected chi connectivity index (χ2v) is 9.43. The monoisotopic (exact) mass is 447 g/mol. The summed E-state index contributed by atoms with van der Waals surface area (Å²) >= 11 is 0. The van der Waals surface area contributed by atoms with Crippen LogP contribution in [0.3, 0.4) is 0 Å². The maximum Gasteiger partial charge on any atom is 0.257 e. The van der Waals surface area contributed by atoms with E-state index in [-0.39, 0.29) is 17.9 Å². The van der Waals surface area contributed by atoms with E-state index in [0.29, 0.717) is 18.4 Å². The lowest BCUT2D eigenvalue weighted by molar-refractivity contribution is -0.135. The van der Waals surface area contributed by atoms with Gasteiger partial charge in [0.2, 0.25) is 5.91 Å². The van der Waals surface area contributed by atoms with Crippen LogP contribution in [0.4, 0.5) is 0 Å². The van der Waals surface area contributed by atoms with E-state index in [2.05, 4.69) is 33.1 Å². The number of aromatic nitrogens is 3. The highest BCUT2D eigenvalue weighted by molar-refractivity contribution is 5.95. The number of aromatic amines is 1. The van der Waals surface area contributed by atoms with Gasteiger partial charge in [-0.15, -0.1) is 0 Å². The molecule has 2 saturated heterocycles. The first-order valence-electron chi connectivity index (χ1n) is 12.3. The summed E-state index contributed by atoms with van der Waals surface area (Å²) in [5, 5.41) is 8.53. The zero-order chi connectivity index (χ0) is 22.8. The maximum atomic E-state index is 13.4. The lowest BCUT2D eigenvalue weighted by Crippen LogP contribution is -2.40. The molecule has 7 heteroatoms. The molecule has 0 bridgehead atoms. The van der Waals surface area contributed by atoms with Crippen molar-refractivity contribution in [3.8, 4) is 0 Å². The smallest absolute Gasteiger partial charge is 0.257 e. The Labute approximate surface area is 194 Å². The lowest BCUT2D eigenvalue weighted by Gasteiger charge is -2.36. The van der Waals surface area contributed by atoms with Crippen molar-refractivity contribution >= 4 is 22.7 Å². The van der Waals surface area contributed by atoms with Gasteiger partial charge in [-0.3, -0.25) is 14.7 Å². The number of hydrogen-bond donors (Lipinski definition) is 1. The SMILES string of the molecule is Cn1cc(CCC(=O)N2CCCC[C@@H]2c2[nH]ncc2C(=O)N2CCCCC2)c2ccccc21. The first-order valence-corrected chi connectivity index (χ1v) is 12.3. The third-order valence-electron chi connectivity index (χ3n) is 7.29. The molecule has 1 N–H and O–H groups in total. The number of rotatable bonds is 5. The highest BCUT2D eigenvalue weighted by Crippen LogP contribution is 2.33. The number of nitrogens with one attached hydrogen (secondary N) is 1. The van der Waals surface area contributed by atoms with Crippen LogP contribution in [0.5, 0.6) is 0 Å². The summed E-state index contributed by atoms with van der Waals surface area (Å²) in [6.45, 7) is 2.35. The summed E-state index contributed by atoms with van der Waals surface area (Å²) in [5.41, 5.74) is 3.84. The Morgan fingerprint density at radius 1 is 1.06 bits per heavy atom. The minimum Gasteiger partial charge on any atom is -0.350 e. The average molecular weight is 448 g/mol. The molecule has 2 aliphatic heterocycles. The van der Waals surface area contributed by atoms with Gasteiger partial charge in [0, 0.05) is 50.2 Å². The minimum atomic E-state index is -0.106. The Morgan fingerprint density at radius 2 is 1.85 bits per heavy atom. The molecule has 4 heterocycles. The van der Waals surface area contributed by atoms with Gasteiger partial charge in [0.05, 0.1) is 23.5 Å². The molecule has 0 radical (unpaired) electrons. The molecule has 174 valence electrons. The summed E-state index contributed by atoms with van der Waals surface area (Å²) in [6, 6.07) is 8.23. The van der Waals surface area contributed by atoms with Gasteiger partial charge in [-0.1, -0.05) is 18.2 Å². The number of benzene rings is 1. The topological polar surface area (TPSA) is 74.2 Å². The van der Waals surface area contributed by atoms with Crippen molar-refractivity contribution in [3.63, 3.8) is 0 Å². The van der Waals surface area contributed by atoms with Crippen molar-refractivity contribution in [2.45, 2.75) is 57.4 Å². The number of hydrogen-bond acceptors (Lipinski definition) is 3. The Morgan fingerprint density at radius 3 is 2.70 bits per heavy atom. The van der Waals surface area contributed by atoms with E-state index in [1.807, 2.05) is 29.0 Å². The Balaban J connectivity index is 1.32. The van der Waals surface area contributed by atoms with E-state index in [4.69, 9.17) is 0 Å². The number of piperidine rings is 2. The Kier molecular flexibility index (Phi) is 6.20. The van der Waals surface area contributed by atoms with Gasteiger partial charge in [0.25, 0.3) is 5.91 Å². The molecule has 5 rings (SSSR count). The first kappa shape index (κ1) is 21.7. The summed E-state index contributed by atoms with van der Waals surface area (Å²) in [6.07, 6.45) is 11.2. The average Bonchev–Trinajstić information content (AvgIpc) is 3.48. The van der Waals surface area contributed by atoms with Gasteiger partial charge in [0.1, 0.15) is 0 Å². The van der Waals surface area contributed by atoms with Crippen molar-refractivity contribution in [3.05, 3.63) is 53.5 Å². The number of fused-ring (bicyclic) bond motifs is 1. The van der Waals surface area contributed by atoms with Crippen LogP contribution in [0.2, 0.25) is 0 Å². The molecule has 2 fully saturated rings. The van der Waals surface area contributed by atoms with E-state index >= 15 is 0 Å². The summed E-state index contributed by atoms with van der Waals surface area (Å²) in [5.74, 6) is 0.200. The van der Waals surface area contributed by atoms with Crippen LogP contribution < -0.4 is 0 Å². The van der Waals surface area contributed by atoms with Crippen LogP contribution in [0.1, 0.15) is 72.6 Å². The zero-order valence-corrected chi connectivity index (χ0v) is 19.4. The minimum absolute atomic E-state index is 0.0483. The number of amides is 2. The third-order valence-corrected chi connectivity index (χ3v) is 7.29. The van der Waals surface area contributed by atoms with Crippen molar-refractivity contribution < 1.29 is 9.59 Å². The number of carbonyl (C=O) groups excluding carboxylic acids is 2. The molecule has 2 amide bonds. The van der Waals surface area contributed by atoms with Crippen LogP contribution in [0.15, 0.2) is 36.7 Å². The predicted octanol–water partition coefficient (Wildman–Crippen LogP) is 4.21. The van der Waals surface area contributed by atoms with Crippen molar-refractivity contribution in [1.29, 1.82) is 0 Å². The van der Waals surface area contributed by atoms with Crippen LogP contribution in [0.25, 0.3) is 10.9 Å². The Bertz CT molecular complexity index is 1140. The van der Waals surface area contributed by atoms with Crippen LogP contribution in [-0.2, 0) is 18.3 Å². The molecule has 33 heavy (non-hydrogen) atoms. The highest BCUT2D eigenvalue weighted by Gasteiger charge is 2.33. The number of likely N-dealkylation sites (tertiary alicyclic amines) is 2. The van der Waals surface area contributed by atoms with Gasteiger partial charge in [-0.25, -0.2) is 0 Å². The molecule has 0 unspecified atom stereocenters. The van der Waals surface area contributed by atoms with E-state index in [0.717, 1.165) is 57.4 Å². The number of nitrogens with zero attached hydrogens (tertiary/aromatic N) is 4. The number of aryl methyl sites for hydroxylation is 2. The van der Waals surface area contributed by atoms with Gasteiger partial charge in [-0.05, 0) is 56.6 Å². The number of para-hydroxylation sites is 1. The standard InChI is InChI=1S/C26H33N5O2/c1-29-18-19(20-9-3-4-10-22(20)29)12-13-24(32)31-16-8-5-11-23(31)25-21(17-27-28-25)26(33)30-14-6-2-7-15-30/h3-4,9-10,17-18,23H,2,5-8,11-16H2,1H3,(H,27,28)/t23-/m1/s1. The molecular formula is C26H33N5O2. The summed E-state index contributed by atoms with van der Waals surface area (Å²) < 4.78 is 2.13. The summed E-state index contributed by atoms with van der Waals surface area (Å²) in [7, 11) is 2.05. The molecule has 0 aliphatic carbocycles. The van der Waals surface area contributed by atoms with E-state index in [1.165, 1.54) is 22.9 Å². The van der Waals surface area contributed by atoms with E-state index in [9.17, 15) is 9.59 Å². The van der Waals surface area contributed by atoms with Crippen LogP contribution >= 0.6 is 0 Å². The molecular weight excluding hydrogens is 414 g/mol. The molecule has 1 atom stereocenters. The molecule has 0 spiro atoms. The Hall–Kier alpha value is -3.09. The number of carbonyl (C=O) groups is 2. The van der Waals surface area contributed by atoms with Crippen molar-refractivity contribution in [2.75, 3.05) is 19.6 Å². The van der Waals surface area contributed by atoms with Gasteiger partial charge < -0.3 is 14.4 Å². The molecule has 0 saturated carbocycles. The fourth-order valence-corrected chi connectivity index (χ4v) is 5.53. The molecule has 3 aromatic rings. The lowest BCUT2D eigenvalue weighted by atomic mass is 9.95. The first-order chi connectivity index (χ1) is 16.1. The zero-order valence-electron chi connectivity index (χ0n) is 19.4. The van der Waals surface area contributed by atoms with Crippen LogP contribution in [-0.4, -0.2) is 56.0 Å². The van der Waals surface area contributed by atoms with Crippen molar-refractivity contribution in [2.24, 2.45) is 7.05 Å². The van der Waals surface area contributed by atoms with E-state index < -0.39 is 0 Å². The highest BCUT2D eigenvalue weighted by atomic mass is 16.2. The molecule has 2 aliphatic rings. The second-order valence-electron chi connectivity index (χ2n) is 9.43. The van der Waals surface area contributed by atoms with Crippen LogP contribution in [0, 0.1) is 0 Å². The fourth-order valence-electron chi connectivity index (χ4n) is 5.53. The maximum absolute atomic E-state index is 13.4. The van der Waals surface area contributed by atoms with Gasteiger partial charge >= 0.3 is 0 Å². The van der Waals surface area contributed by atoms with Gasteiger partial charge in [-0.2, -0.15) is 5.10 Å². The van der Waals surface area contributed by atoms with Gasteiger partial charge in [0.15, 0.2) is 0 Å². The molecule has 2 aromatic heterocycles. The normalized spacial score (nSPS) is 19.2. The summed E-state index contributed by atoms with van der Waals surface area (Å²) in [4.78, 5) is 30.5.